The van der Waals surface area contributed by atoms with E-state index in [1.807, 2.05) is 25.1 Å². The lowest BCUT2D eigenvalue weighted by Gasteiger charge is -2.14. The van der Waals surface area contributed by atoms with Crippen LogP contribution in [0.1, 0.15) is 27.0 Å². The molecule has 0 unspecified atom stereocenters. The standard InChI is InChI=1S/C23H24N2O4S/c1-16-10-12-20(13-11-16)30(27,28)25-22-9-5-8-21(17(22)2)23(26)24-19-7-4-6-18(14-19)15-29-3/h4-14,25H,15H2,1-3H3,(H,24,26). The van der Waals surface area contributed by atoms with Crippen LogP contribution in [0, 0.1) is 13.8 Å². The van der Waals surface area contributed by atoms with E-state index in [2.05, 4.69) is 10.0 Å². The van der Waals surface area contributed by atoms with Crippen molar-refractivity contribution in [2.24, 2.45) is 0 Å². The summed E-state index contributed by atoms with van der Waals surface area (Å²) in [5.74, 6) is -0.321. The van der Waals surface area contributed by atoms with Gasteiger partial charge in [0.15, 0.2) is 0 Å². The van der Waals surface area contributed by atoms with Gasteiger partial charge in [0.05, 0.1) is 17.2 Å². The summed E-state index contributed by atoms with van der Waals surface area (Å²) in [4.78, 5) is 13.0. The second kappa shape index (κ2) is 9.11. The highest BCUT2D eigenvalue weighted by atomic mass is 32.2. The number of nitrogens with one attached hydrogen (secondary N) is 2. The molecule has 1 amide bonds. The lowest BCUT2D eigenvalue weighted by atomic mass is 10.1. The molecule has 6 nitrogen and oxygen atoms in total. The number of methoxy groups -OCH3 is 1. The first-order valence-corrected chi connectivity index (χ1v) is 10.9. The second-order valence-electron chi connectivity index (χ2n) is 6.98. The molecule has 0 fully saturated rings. The molecule has 3 rings (SSSR count). The monoisotopic (exact) mass is 424 g/mol. The zero-order valence-electron chi connectivity index (χ0n) is 17.1. The van der Waals surface area contributed by atoms with Crippen LogP contribution in [0.4, 0.5) is 11.4 Å². The number of amides is 1. The van der Waals surface area contributed by atoms with Gasteiger partial charge in [-0.3, -0.25) is 9.52 Å². The number of anilines is 2. The SMILES string of the molecule is COCc1cccc(NC(=O)c2cccc(NS(=O)(=O)c3ccc(C)cc3)c2C)c1. The molecular weight excluding hydrogens is 400 g/mol. The van der Waals surface area contributed by atoms with E-state index in [-0.39, 0.29) is 10.8 Å². The highest BCUT2D eigenvalue weighted by molar-refractivity contribution is 7.92. The Bertz CT molecular complexity index is 1160. The second-order valence-corrected chi connectivity index (χ2v) is 8.67. The summed E-state index contributed by atoms with van der Waals surface area (Å²) in [5, 5.41) is 2.85. The van der Waals surface area contributed by atoms with Crippen LogP contribution >= 0.6 is 0 Å². The fraction of sp³-hybridized carbons (Fsp3) is 0.174. The molecular formula is C23H24N2O4S. The molecule has 0 aliphatic carbocycles. The molecule has 156 valence electrons. The Morgan fingerprint density at radius 2 is 1.67 bits per heavy atom. The van der Waals surface area contributed by atoms with Gasteiger partial charge in [-0.05, 0) is 61.4 Å². The number of sulfonamides is 1. The Morgan fingerprint density at radius 3 is 2.37 bits per heavy atom. The topological polar surface area (TPSA) is 84.5 Å². The van der Waals surface area contributed by atoms with Gasteiger partial charge in [-0.2, -0.15) is 0 Å². The van der Waals surface area contributed by atoms with Crippen LogP contribution < -0.4 is 10.0 Å². The van der Waals surface area contributed by atoms with E-state index in [1.54, 1.807) is 62.6 Å². The van der Waals surface area contributed by atoms with Crippen molar-refractivity contribution in [2.45, 2.75) is 25.3 Å². The van der Waals surface area contributed by atoms with Gasteiger partial charge in [0.2, 0.25) is 0 Å². The van der Waals surface area contributed by atoms with E-state index >= 15 is 0 Å². The van der Waals surface area contributed by atoms with Gasteiger partial charge in [0.25, 0.3) is 15.9 Å². The van der Waals surface area contributed by atoms with E-state index in [1.165, 1.54) is 0 Å². The van der Waals surface area contributed by atoms with Crippen LogP contribution in [0.2, 0.25) is 0 Å². The van der Waals surface area contributed by atoms with Gasteiger partial charge < -0.3 is 10.1 Å². The van der Waals surface area contributed by atoms with Crippen LogP contribution in [0.25, 0.3) is 0 Å². The first kappa shape index (κ1) is 21.5. The number of carbonyl (C=O) groups excluding carboxylic acids is 1. The number of benzene rings is 3. The first-order chi connectivity index (χ1) is 14.3. The van der Waals surface area contributed by atoms with Crippen molar-refractivity contribution in [3.8, 4) is 0 Å². The summed E-state index contributed by atoms with van der Waals surface area (Å²) < 4.78 is 33.1. The summed E-state index contributed by atoms with van der Waals surface area (Å²) >= 11 is 0. The van der Waals surface area contributed by atoms with Gasteiger partial charge in [-0.1, -0.05) is 35.9 Å². The van der Waals surface area contributed by atoms with Crippen molar-refractivity contribution in [3.63, 3.8) is 0 Å². The Balaban J connectivity index is 1.83. The fourth-order valence-electron chi connectivity index (χ4n) is 3.02. The number of carbonyl (C=O) groups is 1. The smallest absolute Gasteiger partial charge is 0.261 e. The third-order valence-corrected chi connectivity index (χ3v) is 6.03. The maximum Gasteiger partial charge on any atom is 0.261 e. The van der Waals surface area contributed by atoms with Gasteiger partial charge in [0.1, 0.15) is 0 Å². The zero-order valence-corrected chi connectivity index (χ0v) is 17.9. The molecule has 0 spiro atoms. The van der Waals surface area contributed by atoms with Crippen LogP contribution in [0.3, 0.4) is 0 Å². The highest BCUT2D eigenvalue weighted by Crippen LogP contribution is 2.24. The predicted octanol–water partition coefficient (Wildman–Crippen LogP) is 4.50. The van der Waals surface area contributed by atoms with Crippen LogP contribution in [0.15, 0.2) is 71.6 Å². The molecule has 0 bridgehead atoms. The lowest BCUT2D eigenvalue weighted by molar-refractivity contribution is 0.102. The minimum atomic E-state index is -3.76. The molecule has 3 aromatic carbocycles. The molecule has 2 N–H and O–H groups in total. The van der Waals surface area contributed by atoms with E-state index in [4.69, 9.17) is 4.74 Å². The Morgan fingerprint density at radius 1 is 0.967 bits per heavy atom. The quantitative estimate of drug-likeness (QED) is 0.585. The first-order valence-electron chi connectivity index (χ1n) is 9.38. The fourth-order valence-corrected chi connectivity index (χ4v) is 4.14. The number of aryl methyl sites for hydroxylation is 1. The Kier molecular flexibility index (Phi) is 6.54. The van der Waals surface area contributed by atoms with E-state index in [0.29, 0.717) is 29.1 Å². The number of rotatable bonds is 7. The van der Waals surface area contributed by atoms with Gasteiger partial charge in [-0.15, -0.1) is 0 Å². The Labute approximate surface area is 177 Å². The molecule has 0 saturated heterocycles. The number of hydrogen-bond acceptors (Lipinski definition) is 4. The van der Waals surface area contributed by atoms with Gasteiger partial charge >= 0.3 is 0 Å². The van der Waals surface area contributed by atoms with E-state index in [9.17, 15) is 13.2 Å². The molecule has 7 heteroatoms. The lowest BCUT2D eigenvalue weighted by Crippen LogP contribution is -2.17. The molecule has 0 radical (unpaired) electrons. The van der Waals surface area contributed by atoms with Crippen molar-refractivity contribution >= 4 is 27.3 Å². The number of hydrogen-bond donors (Lipinski definition) is 2. The predicted molar refractivity (Wildman–Crippen MR) is 118 cm³/mol. The zero-order chi connectivity index (χ0) is 21.7. The van der Waals surface area contributed by atoms with Crippen molar-refractivity contribution in [3.05, 3.63) is 89.0 Å². The van der Waals surface area contributed by atoms with Gasteiger partial charge in [0, 0.05) is 18.4 Å². The molecule has 0 aliphatic heterocycles. The molecule has 30 heavy (non-hydrogen) atoms. The molecule has 3 aromatic rings. The molecule has 0 aromatic heterocycles. The third-order valence-electron chi connectivity index (χ3n) is 4.65. The third kappa shape index (κ3) is 5.06. The molecule has 0 saturated carbocycles. The summed E-state index contributed by atoms with van der Waals surface area (Å²) in [6.07, 6.45) is 0. The average molecular weight is 425 g/mol. The maximum absolute atomic E-state index is 12.8. The largest absolute Gasteiger partial charge is 0.380 e. The molecule has 0 aliphatic rings. The summed E-state index contributed by atoms with van der Waals surface area (Å²) in [7, 11) is -2.15. The van der Waals surface area contributed by atoms with E-state index < -0.39 is 10.0 Å². The highest BCUT2D eigenvalue weighted by Gasteiger charge is 2.18. The van der Waals surface area contributed by atoms with Crippen LogP contribution in [-0.4, -0.2) is 21.4 Å². The number of ether oxygens (including phenoxy) is 1. The van der Waals surface area contributed by atoms with Crippen molar-refractivity contribution in [2.75, 3.05) is 17.1 Å². The summed E-state index contributed by atoms with van der Waals surface area (Å²) in [5.41, 5.74) is 3.83. The maximum atomic E-state index is 12.8. The minimum absolute atomic E-state index is 0.164. The van der Waals surface area contributed by atoms with Crippen LogP contribution in [-0.2, 0) is 21.4 Å². The van der Waals surface area contributed by atoms with Crippen LogP contribution in [0.5, 0.6) is 0 Å². The normalized spacial score (nSPS) is 11.2. The van der Waals surface area contributed by atoms with Crippen molar-refractivity contribution < 1.29 is 17.9 Å². The molecule has 0 heterocycles. The minimum Gasteiger partial charge on any atom is -0.380 e. The summed E-state index contributed by atoms with van der Waals surface area (Å²) in [6.45, 7) is 4.04. The summed E-state index contributed by atoms with van der Waals surface area (Å²) in [6, 6.07) is 18.9. The van der Waals surface area contributed by atoms with E-state index in [0.717, 1.165) is 11.1 Å². The molecule has 0 atom stereocenters. The Hall–Kier alpha value is -3.16. The van der Waals surface area contributed by atoms with Gasteiger partial charge in [-0.25, -0.2) is 8.42 Å². The average Bonchev–Trinajstić information content (AvgIpc) is 2.70. The van der Waals surface area contributed by atoms with Crippen molar-refractivity contribution in [1.82, 2.24) is 0 Å². The van der Waals surface area contributed by atoms with Crippen molar-refractivity contribution in [1.29, 1.82) is 0 Å².